The lowest BCUT2D eigenvalue weighted by molar-refractivity contribution is -0.150. The first kappa shape index (κ1) is 23.1. The summed E-state index contributed by atoms with van der Waals surface area (Å²) in [5, 5.41) is 17.2. The third-order valence-corrected chi connectivity index (χ3v) is 7.94. The molecule has 0 radical (unpaired) electrons. The molecule has 36 heavy (non-hydrogen) atoms. The van der Waals surface area contributed by atoms with Crippen LogP contribution in [0.25, 0.3) is 27.5 Å². The van der Waals surface area contributed by atoms with Crippen LogP contribution in [0.15, 0.2) is 30.5 Å². The van der Waals surface area contributed by atoms with Crippen molar-refractivity contribution in [2.24, 2.45) is 0 Å². The number of fused-ring (bicyclic) bond motifs is 2. The molecule has 1 aliphatic carbocycles. The molecule has 1 saturated carbocycles. The Bertz CT molecular complexity index is 1500. The van der Waals surface area contributed by atoms with Gasteiger partial charge in [0.2, 0.25) is 5.67 Å². The molecule has 2 fully saturated rings. The van der Waals surface area contributed by atoms with E-state index < -0.39 is 23.4 Å². The Balaban J connectivity index is 1.70. The van der Waals surface area contributed by atoms with Crippen LogP contribution < -0.4 is 0 Å². The first-order valence-electron chi connectivity index (χ1n) is 12.2. The van der Waals surface area contributed by atoms with Gasteiger partial charge in [-0.05, 0) is 80.3 Å². The van der Waals surface area contributed by atoms with Crippen LogP contribution in [0.1, 0.15) is 60.8 Å². The van der Waals surface area contributed by atoms with Gasteiger partial charge in [-0.25, -0.2) is 18.0 Å². The SMILES string of the molecule is Cc1cc(-n2c(C3CCOCC3)c([C@@H]3CC[C@@](F)(C(=O)O)C3)c3c(F)c4[nH]ncc4cc32)ccc1F. The molecule has 3 heterocycles. The lowest BCUT2D eigenvalue weighted by atomic mass is 9.85. The van der Waals surface area contributed by atoms with Crippen molar-refractivity contribution in [1.29, 1.82) is 0 Å². The zero-order valence-electron chi connectivity index (χ0n) is 19.8. The zero-order chi connectivity index (χ0) is 25.2. The highest BCUT2D eigenvalue weighted by atomic mass is 19.1. The van der Waals surface area contributed by atoms with Crippen LogP contribution >= 0.6 is 0 Å². The van der Waals surface area contributed by atoms with Gasteiger partial charge >= 0.3 is 5.97 Å². The van der Waals surface area contributed by atoms with Crippen molar-refractivity contribution in [3.8, 4) is 5.69 Å². The fourth-order valence-electron chi connectivity index (χ4n) is 6.12. The number of aryl methyl sites for hydroxylation is 1. The number of nitrogens with zero attached hydrogens (tertiary/aromatic N) is 2. The Kier molecular flexibility index (Phi) is 5.37. The lowest BCUT2D eigenvalue weighted by Crippen LogP contribution is -2.30. The molecule has 2 aliphatic rings. The summed E-state index contributed by atoms with van der Waals surface area (Å²) in [5.41, 5.74) is 1.08. The maximum Gasteiger partial charge on any atom is 0.341 e. The van der Waals surface area contributed by atoms with Crippen LogP contribution in [0.3, 0.4) is 0 Å². The number of aromatic amines is 1. The number of aliphatic carboxylic acids is 1. The molecule has 2 aromatic heterocycles. The van der Waals surface area contributed by atoms with Crippen molar-refractivity contribution in [3.63, 3.8) is 0 Å². The van der Waals surface area contributed by atoms with Gasteiger partial charge in [0.15, 0.2) is 5.82 Å². The van der Waals surface area contributed by atoms with Gasteiger partial charge in [0.25, 0.3) is 0 Å². The molecule has 0 amide bonds. The second-order valence-electron chi connectivity index (χ2n) is 10.1. The molecule has 0 unspecified atom stereocenters. The number of aromatic nitrogens is 3. The number of hydrogen-bond acceptors (Lipinski definition) is 3. The average molecular weight is 498 g/mol. The molecule has 1 saturated heterocycles. The van der Waals surface area contributed by atoms with E-state index >= 15 is 8.78 Å². The molecule has 6 rings (SSSR count). The van der Waals surface area contributed by atoms with Gasteiger partial charge in [-0.2, -0.15) is 5.10 Å². The molecule has 0 spiro atoms. The summed E-state index contributed by atoms with van der Waals surface area (Å²) in [4.78, 5) is 11.7. The predicted molar refractivity (Wildman–Crippen MR) is 128 cm³/mol. The second kappa shape index (κ2) is 8.37. The van der Waals surface area contributed by atoms with Crippen LogP contribution in [0.4, 0.5) is 13.2 Å². The van der Waals surface area contributed by atoms with Crippen LogP contribution in [0.2, 0.25) is 0 Å². The summed E-state index contributed by atoms with van der Waals surface area (Å²) < 4.78 is 53.3. The van der Waals surface area contributed by atoms with E-state index in [1.165, 1.54) is 6.07 Å². The molecule has 0 bridgehead atoms. The normalized spacial score (nSPS) is 23.2. The Hall–Kier alpha value is -3.33. The molecule has 9 heteroatoms. The third kappa shape index (κ3) is 3.43. The summed E-state index contributed by atoms with van der Waals surface area (Å²) in [6.07, 6.45) is 2.87. The quantitative estimate of drug-likeness (QED) is 0.360. The number of benzene rings is 2. The number of carbonyl (C=O) groups is 1. The fraction of sp³-hybridized carbons (Fsp3) is 0.407. The van der Waals surface area contributed by atoms with Crippen molar-refractivity contribution in [3.05, 3.63) is 58.9 Å². The fourth-order valence-corrected chi connectivity index (χ4v) is 6.12. The van der Waals surface area contributed by atoms with Crippen molar-refractivity contribution in [2.75, 3.05) is 13.2 Å². The smallest absolute Gasteiger partial charge is 0.341 e. The number of H-pyrrole nitrogens is 1. The number of carboxylic acids is 1. The monoisotopic (exact) mass is 497 g/mol. The number of nitrogens with one attached hydrogen (secondary N) is 1. The highest BCUT2D eigenvalue weighted by molar-refractivity contribution is 6.00. The Morgan fingerprint density at radius 3 is 2.67 bits per heavy atom. The largest absolute Gasteiger partial charge is 0.479 e. The number of carboxylic acid groups (broad SMARTS) is 1. The van der Waals surface area contributed by atoms with E-state index in [9.17, 15) is 14.3 Å². The van der Waals surface area contributed by atoms with Crippen LogP contribution in [-0.2, 0) is 9.53 Å². The summed E-state index contributed by atoms with van der Waals surface area (Å²) in [6.45, 7) is 2.75. The molecule has 188 valence electrons. The maximum absolute atomic E-state index is 16.2. The van der Waals surface area contributed by atoms with E-state index in [4.69, 9.17) is 4.74 Å². The van der Waals surface area contributed by atoms with Gasteiger partial charge in [0, 0.05) is 41.3 Å². The summed E-state index contributed by atoms with van der Waals surface area (Å²) in [5.74, 6) is -2.81. The van der Waals surface area contributed by atoms with Crippen molar-refractivity contribution in [2.45, 2.75) is 56.5 Å². The van der Waals surface area contributed by atoms with Gasteiger partial charge in [-0.3, -0.25) is 5.10 Å². The Morgan fingerprint density at radius 2 is 1.97 bits per heavy atom. The molecule has 1 aliphatic heterocycles. The van der Waals surface area contributed by atoms with E-state index in [0.29, 0.717) is 65.6 Å². The van der Waals surface area contributed by atoms with Gasteiger partial charge in [-0.15, -0.1) is 0 Å². The Labute approximate surface area is 205 Å². The minimum Gasteiger partial charge on any atom is -0.479 e. The lowest BCUT2D eigenvalue weighted by Gasteiger charge is -2.27. The molecule has 2 aromatic carbocycles. The zero-order valence-corrected chi connectivity index (χ0v) is 19.8. The summed E-state index contributed by atoms with van der Waals surface area (Å²) in [6, 6.07) is 6.63. The highest BCUT2D eigenvalue weighted by Gasteiger charge is 2.48. The number of hydrogen-bond donors (Lipinski definition) is 2. The van der Waals surface area contributed by atoms with Crippen molar-refractivity contribution < 1.29 is 27.8 Å². The van der Waals surface area contributed by atoms with Crippen LogP contribution in [0, 0.1) is 18.6 Å². The van der Waals surface area contributed by atoms with E-state index in [-0.39, 0.29) is 30.1 Å². The van der Waals surface area contributed by atoms with Crippen molar-refractivity contribution in [1.82, 2.24) is 14.8 Å². The van der Waals surface area contributed by atoms with Gasteiger partial charge in [0.1, 0.15) is 11.3 Å². The van der Waals surface area contributed by atoms with E-state index in [2.05, 4.69) is 10.2 Å². The molecular formula is C27H26F3N3O3. The van der Waals surface area contributed by atoms with Gasteiger partial charge in [-0.1, -0.05) is 0 Å². The number of alkyl halides is 1. The van der Waals surface area contributed by atoms with Gasteiger partial charge in [0.05, 0.1) is 11.7 Å². The first-order chi connectivity index (χ1) is 17.3. The van der Waals surface area contributed by atoms with Crippen LogP contribution in [0.5, 0.6) is 0 Å². The summed E-state index contributed by atoms with van der Waals surface area (Å²) in [7, 11) is 0. The highest BCUT2D eigenvalue weighted by Crippen LogP contribution is 2.51. The van der Waals surface area contributed by atoms with Crippen molar-refractivity contribution >= 4 is 27.8 Å². The third-order valence-electron chi connectivity index (χ3n) is 7.94. The second-order valence-corrected chi connectivity index (χ2v) is 10.1. The first-order valence-corrected chi connectivity index (χ1v) is 12.2. The van der Waals surface area contributed by atoms with E-state index in [0.717, 1.165) is 5.69 Å². The minimum atomic E-state index is -2.35. The predicted octanol–water partition coefficient (Wildman–Crippen LogP) is 6.05. The number of rotatable bonds is 4. The molecule has 6 nitrogen and oxygen atoms in total. The van der Waals surface area contributed by atoms with Crippen LogP contribution in [-0.4, -0.2) is 44.7 Å². The average Bonchev–Trinajstić information content (AvgIpc) is 3.58. The summed E-state index contributed by atoms with van der Waals surface area (Å²) >= 11 is 0. The maximum atomic E-state index is 16.2. The molecular weight excluding hydrogens is 471 g/mol. The molecule has 2 atom stereocenters. The van der Waals surface area contributed by atoms with Gasteiger partial charge < -0.3 is 14.4 Å². The molecule has 2 N–H and O–H groups in total. The molecule has 4 aromatic rings. The topological polar surface area (TPSA) is 80.1 Å². The standard InChI is InChI=1S/C27H26F3N3O3/c1-14-10-18(2-3-19(14)28)33-20-11-17-13-31-32-24(17)23(29)22(20)21(25(33)15-5-8-36-9-6-15)16-4-7-27(30,12-16)26(34)35/h2-3,10-11,13,15-16H,4-9,12H2,1H3,(H,31,32)(H,34,35)/t16-,27+/m1/s1. The number of halogens is 3. The van der Waals surface area contributed by atoms with E-state index in [1.807, 2.05) is 10.6 Å². The van der Waals surface area contributed by atoms with E-state index in [1.54, 1.807) is 25.3 Å². The number of ether oxygens (including phenoxy) is 1. The minimum absolute atomic E-state index is 0.0122. The Morgan fingerprint density at radius 1 is 1.19 bits per heavy atom.